The highest BCUT2D eigenvalue weighted by Crippen LogP contribution is 2.17. The molecule has 17 heavy (non-hydrogen) atoms. The standard InChI is InChI=1S/C12H14N2O2S/c1-9-11(15)13-12(16)14(9)8-17-7-10-5-3-2-4-6-10/h2-6,9H,7-8H2,1H3,(H,13,15,16)/t9-/m1/s1. The maximum atomic E-state index is 11.4. The number of thioether (sulfide) groups is 1. The monoisotopic (exact) mass is 250 g/mol. The maximum absolute atomic E-state index is 11.4. The number of urea groups is 1. The zero-order valence-corrected chi connectivity index (χ0v) is 10.4. The van der Waals surface area contributed by atoms with Crippen molar-refractivity contribution < 1.29 is 9.59 Å². The molecule has 0 aliphatic carbocycles. The van der Waals surface area contributed by atoms with E-state index in [2.05, 4.69) is 5.32 Å². The predicted molar refractivity (Wildman–Crippen MR) is 67.4 cm³/mol. The van der Waals surface area contributed by atoms with Gasteiger partial charge in [0.05, 0.1) is 5.88 Å². The molecule has 1 fully saturated rings. The molecule has 4 nitrogen and oxygen atoms in total. The van der Waals surface area contributed by atoms with Crippen LogP contribution in [0, 0.1) is 0 Å². The summed E-state index contributed by atoms with van der Waals surface area (Å²) in [6, 6.07) is 9.41. The fraction of sp³-hybridized carbons (Fsp3) is 0.333. The van der Waals surface area contributed by atoms with Crippen molar-refractivity contribution in [3.05, 3.63) is 35.9 Å². The third-order valence-electron chi connectivity index (χ3n) is 2.68. The highest BCUT2D eigenvalue weighted by molar-refractivity contribution is 7.98. The molecule has 0 spiro atoms. The minimum atomic E-state index is -0.356. The Bertz CT molecular complexity index is 422. The van der Waals surface area contributed by atoms with Crippen molar-refractivity contribution in [2.45, 2.75) is 18.7 Å². The van der Waals surface area contributed by atoms with Crippen molar-refractivity contribution in [3.8, 4) is 0 Å². The van der Waals surface area contributed by atoms with E-state index >= 15 is 0 Å². The van der Waals surface area contributed by atoms with Gasteiger partial charge in [0.1, 0.15) is 6.04 Å². The first-order valence-corrected chi connectivity index (χ1v) is 6.57. The van der Waals surface area contributed by atoms with Gasteiger partial charge in [-0.05, 0) is 12.5 Å². The van der Waals surface area contributed by atoms with Crippen molar-refractivity contribution in [3.63, 3.8) is 0 Å². The Morgan fingerprint density at radius 2 is 2.00 bits per heavy atom. The van der Waals surface area contributed by atoms with Gasteiger partial charge in [-0.2, -0.15) is 0 Å². The Morgan fingerprint density at radius 1 is 1.29 bits per heavy atom. The van der Waals surface area contributed by atoms with E-state index in [1.54, 1.807) is 23.6 Å². The van der Waals surface area contributed by atoms with Crippen molar-refractivity contribution >= 4 is 23.7 Å². The van der Waals surface area contributed by atoms with Crippen molar-refractivity contribution in [1.29, 1.82) is 0 Å². The van der Waals surface area contributed by atoms with Crippen molar-refractivity contribution in [1.82, 2.24) is 10.2 Å². The normalized spacial score (nSPS) is 19.6. The molecule has 1 saturated heterocycles. The summed E-state index contributed by atoms with van der Waals surface area (Å²) in [6.45, 7) is 1.74. The topological polar surface area (TPSA) is 49.4 Å². The van der Waals surface area contributed by atoms with E-state index in [-0.39, 0.29) is 18.0 Å². The molecule has 0 radical (unpaired) electrons. The van der Waals surface area contributed by atoms with E-state index in [1.807, 2.05) is 30.3 Å². The molecule has 0 bridgehead atoms. The summed E-state index contributed by atoms with van der Waals surface area (Å²) < 4.78 is 0. The molecule has 90 valence electrons. The Kier molecular flexibility index (Phi) is 3.68. The molecule has 1 aromatic carbocycles. The lowest BCUT2D eigenvalue weighted by atomic mass is 10.2. The number of hydrogen-bond acceptors (Lipinski definition) is 3. The van der Waals surface area contributed by atoms with Gasteiger partial charge in [-0.15, -0.1) is 11.8 Å². The maximum Gasteiger partial charge on any atom is 0.325 e. The van der Waals surface area contributed by atoms with E-state index in [4.69, 9.17) is 0 Å². The van der Waals surface area contributed by atoms with Gasteiger partial charge in [0.15, 0.2) is 0 Å². The van der Waals surface area contributed by atoms with Crippen LogP contribution in [0.3, 0.4) is 0 Å². The number of nitrogens with zero attached hydrogens (tertiary/aromatic N) is 1. The second-order valence-electron chi connectivity index (χ2n) is 3.90. The number of rotatable bonds is 4. The lowest BCUT2D eigenvalue weighted by Crippen LogP contribution is -2.32. The fourth-order valence-electron chi connectivity index (χ4n) is 1.61. The van der Waals surface area contributed by atoms with E-state index < -0.39 is 0 Å². The Hall–Kier alpha value is -1.49. The molecule has 1 aliphatic rings. The van der Waals surface area contributed by atoms with Crippen LogP contribution < -0.4 is 5.32 Å². The zero-order chi connectivity index (χ0) is 12.3. The first kappa shape index (κ1) is 12.0. The third kappa shape index (κ3) is 2.79. The van der Waals surface area contributed by atoms with Crippen LogP contribution in [0.2, 0.25) is 0 Å². The minimum absolute atomic E-state index is 0.213. The molecule has 1 heterocycles. The number of carbonyl (C=O) groups is 2. The molecule has 1 aliphatic heterocycles. The fourth-order valence-corrected chi connectivity index (χ4v) is 2.66. The van der Waals surface area contributed by atoms with Crippen LogP contribution in [-0.4, -0.2) is 28.8 Å². The molecule has 1 N–H and O–H groups in total. The highest BCUT2D eigenvalue weighted by Gasteiger charge is 2.34. The van der Waals surface area contributed by atoms with Gasteiger partial charge in [0, 0.05) is 5.75 Å². The number of nitrogens with one attached hydrogen (secondary N) is 1. The van der Waals surface area contributed by atoms with Gasteiger partial charge in [-0.3, -0.25) is 10.1 Å². The molecular weight excluding hydrogens is 236 g/mol. The lowest BCUT2D eigenvalue weighted by molar-refractivity contribution is -0.120. The van der Waals surface area contributed by atoms with Crippen LogP contribution in [0.4, 0.5) is 4.79 Å². The third-order valence-corrected chi connectivity index (χ3v) is 3.68. The second kappa shape index (κ2) is 5.23. The van der Waals surface area contributed by atoms with E-state index in [0.29, 0.717) is 5.88 Å². The van der Waals surface area contributed by atoms with Gasteiger partial charge in [-0.25, -0.2) is 4.79 Å². The van der Waals surface area contributed by atoms with Gasteiger partial charge in [0.25, 0.3) is 5.91 Å². The average Bonchev–Trinajstić information content (AvgIpc) is 2.57. The van der Waals surface area contributed by atoms with Crippen LogP contribution in [0.1, 0.15) is 12.5 Å². The number of imide groups is 1. The Balaban J connectivity index is 1.83. The summed E-state index contributed by atoms with van der Waals surface area (Å²) in [5, 5.41) is 2.30. The predicted octanol–water partition coefficient (Wildman–Crippen LogP) is 1.82. The molecule has 5 heteroatoms. The Morgan fingerprint density at radius 3 is 2.59 bits per heavy atom. The molecule has 0 aromatic heterocycles. The van der Waals surface area contributed by atoms with Crippen molar-refractivity contribution in [2.24, 2.45) is 0 Å². The van der Waals surface area contributed by atoms with Crippen LogP contribution in [0.25, 0.3) is 0 Å². The number of hydrogen-bond donors (Lipinski definition) is 1. The SMILES string of the molecule is C[C@@H]1C(=O)NC(=O)N1CSCc1ccccc1. The molecule has 0 unspecified atom stereocenters. The summed E-state index contributed by atoms with van der Waals surface area (Å²) in [5.41, 5.74) is 1.22. The van der Waals surface area contributed by atoms with Gasteiger partial charge in [0.2, 0.25) is 0 Å². The Labute approximate surface area is 104 Å². The van der Waals surface area contributed by atoms with Crippen LogP contribution >= 0.6 is 11.8 Å². The quantitative estimate of drug-likeness (QED) is 0.829. The first-order valence-electron chi connectivity index (χ1n) is 5.41. The molecule has 1 aromatic rings. The van der Waals surface area contributed by atoms with Crippen LogP contribution in [0.15, 0.2) is 30.3 Å². The van der Waals surface area contributed by atoms with Crippen LogP contribution in [-0.2, 0) is 10.5 Å². The van der Waals surface area contributed by atoms with E-state index in [0.717, 1.165) is 5.75 Å². The summed E-state index contributed by atoms with van der Waals surface area (Å²) in [5.74, 6) is 1.16. The summed E-state index contributed by atoms with van der Waals surface area (Å²) in [7, 11) is 0. The molecule has 3 amide bonds. The van der Waals surface area contributed by atoms with Gasteiger partial charge < -0.3 is 4.90 Å². The molecular formula is C12H14N2O2S. The smallest absolute Gasteiger partial charge is 0.303 e. The number of carbonyl (C=O) groups excluding carboxylic acids is 2. The zero-order valence-electron chi connectivity index (χ0n) is 9.55. The summed E-state index contributed by atoms with van der Waals surface area (Å²) >= 11 is 1.63. The first-order chi connectivity index (χ1) is 8.18. The number of amides is 3. The average molecular weight is 250 g/mol. The van der Waals surface area contributed by atoms with E-state index in [1.165, 1.54) is 5.56 Å². The van der Waals surface area contributed by atoms with Gasteiger partial charge >= 0.3 is 6.03 Å². The van der Waals surface area contributed by atoms with Crippen LogP contribution in [0.5, 0.6) is 0 Å². The summed E-state index contributed by atoms with van der Waals surface area (Å²) in [6.07, 6.45) is 0. The van der Waals surface area contributed by atoms with Gasteiger partial charge in [-0.1, -0.05) is 30.3 Å². The molecule has 0 saturated carbocycles. The van der Waals surface area contributed by atoms with E-state index in [9.17, 15) is 9.59 Å². The second-order valence-corrected chi connectivity index (χ2v) is 4.86. The minimum Gasteiger partial charge on any atom is -0.303 e. The molecule has 2 rings (SSSR count). The van der Waals surface area contributed by atoms with Crippen molar-refractivity contribution in [2.75, 3.05) is 5.88 Å². The molecule has 1 atom stereocenters. The summed E-state index contributed by atoms with van der Waals surface area (Å²) in [4.78, 5) is 24.2. The largest absolute Gasteiger partial charge is 0.325 e. The number of benzene rings is 1. The lowest BCUT2D eigenvalue weighted by Gasteiger charge is -2.17. The highest BCUT2D eigenvalue weighted by atomic mass is 32.2.